The average molecular weight is 283 g/mol. The Morgan fingerprint density at radius 2 is 2.19 bits per heavy atom. The molecule has 2 aromatic heterocycles. The summed E-state index contributed by atoms with van der Waals surface area (Å²) in [6.45, 7) is 0. The molecule has 0 bridgehead atoms. The van der Waals surface area contributed by atoms with Crippen LogP contribution in [0.2, 0.25) is 0 Å². The van der Waals surface area contributed by atoms with Crippen LogP contribution in [0.1, 0.15) is 5.56 Å². The van der Waals surface area contributed by atoms with Gasteiger partial charge in [0.05, 0.1) is 6.33 Å². The molecule has 1 aromatic carbocycles. The summed E-state index contributed by atoms with van der Waals surface area (Å²) in [6, 6.07) is 7.29. The summed E-state index contributed by atoms with van der Waals surface area (Å²) < 4.78 is 0. The number of amidine groups is 1. The van der Waals surface area contributed by atoms with Gasteiger partial charge < -0.3 is 20.8 Å². The van der Waals surface area contributed by atoms with Crippen LogP contribution in [0.15, 0.2) is 42.1 Å². The summed E-state index contributed by atoms with van der Waals surface area (Å²) in [5.74, 6) is 0.744. The third-order valence-electron chi connectivity index (χ3n) is 3.16. The second-order valence-electron chi connectivity index (χ2n) is 4.39. The maximum Gasteiger partial charge on any atom is 0.182 e. The minimum absolute atomic E-state index is 0.0552. The first-order valence-electron chi connectivity index (χ1n) is 6.16. The zero-order valence-electron chi connectivity index (χ0n) is 11.2. The van der Waals surface area contributed by atoms with E-state index < -0.39 is 0 Å². The van der Waals surface area contributed by atoms with Crippen LogP contribution in [0, 0.1) is 0 Å². The first-order chi connectivity index (χ1) is 10.2. The Bertz CT molecular complexity index is 811. The number of aromatic amines is 1. The first-order valence-corrected chi connectivity index (χ1v) is 6.16. The Hall–Kier alpha value is -3.16. The summed E-state index contributed by atoms with van der Waals surface area (Å²) >= 11 is 0. The highest BCUT2D eigenvalue weighted by Gasteiger charge is 2.13. The van der Waals surface area contributed by atoms with Crippen molar-refractivity contribution in [1.82, 2.24) is 19.9 Å². The van der Waals surface area contributed by atoms with Gasteiger partial charge in [0, 0.05) is 18.3 Å². The second kappa shape index (κ2) is 5.08. The molecule has 3 rings (SSSR count). The maximum atomic E-state index is 8.76. The number of nitrogens with two attached hydrogens (primary N) is 1. The molecule has 0 fully saturated rings. The van der Waals surface area contributed by atoms with E-state index in [1.54, 1.807) is 18.5 Å². The Morgan fingerprint density at radius 1 is 1.33 bits per heavy atom. The van der Waals surface area contributed by atoms with Gasteiger partial charge in [0.15, 0.2) is 17.3 Å². The second-order valence-corrected chi connectivity index (χ2v) is 4.39. The lowest BCUT2D eigenvalue weighted by Gasteiger charge is -2.19. The molecule has 8 nitrogen and oxygen atoms in total. The highest BCUT2D eigenvalue weighted by molar-refractivity contribution is 5.98. The molecule has 0 saturated carbocycles. The van der Waals surface area contributed by atoms with Gasteiger partial charge in [-0.2, -0.15) is 0 Å². The minimum Gasteiger partial charge on any atom is -0.409 e. The van der Waals surface area contributed by atoms with Crippen LogP contribution in [0.4, 0.5) is 11.5 Å². The molecule has 0 radical (unpaired) electrons. The van der Waals surface area contributed by atoms with Crippen molar-refractivity contribution < 1.29 is 5.21 Å². The number of nitrogens with one attached hydrogen (secondary N) is 1. The summed E-state index contributed by atoms with van der Waals surface area (Å²) in [6.07, 6.45) is 3.03. The third kappa shape index (κ3) is 2.22. The normalized spacial score (nSPS) is 11.8. The fourth-order valence-electron chi connectivity index (χ4n) is 2.06. The maximum absolute atomic E-state index is 8.76. The van der Waals surface area contributed by atoms with E-state index in [9.17, 15) is 0 Å². The Balaban J connectivity index is 2.06. The Kier molecular flexibility index (Phi) is 3.11. The predicted octanol–water partition coefficient (Wildman–Crippen LogP) is 1.22. The van der Waals surface area contributed by atoms with Crippen LogP contribution in [-0.2, 0) is 0 Å². The third-order valence-corrected chi connectivity index (χ3v) is 3.16. The van der Waals surface area contributed by atoms with Crippen LogP contribution in [0.25, 0.3) is 11.2 Å². The van der Waals surface area contributed by atoms with Gasteiger partial charge >= 0.3 is 0 Å². The van der Waals surface area contributed by atoms with Crippen molar-refractivity contribution in [3.8, 4) is 0 Å². The molecule has 2 heterocycles. The number of rotatable bonds is 3. The number of imidazole rings is 1. The van der Waals surface area contributed by atoms with Crippen LogP contribution >= 0.6 is 0 Å². The van der Waals surface area contributed by atoms with Crippen molar-refractivity contribution in [2.24, 2.45) is 10.9 Å². The number of hydrogen-bond donors (Lipinski definition) is 3. The SMILES string of the molecule is CN(c1cccc(C(N)=NO)c1)c1ncnc2nc[nH]c12. The number of anilines is 2. The number of hydrogen-bond acceptors (Lipinski definition) is 6. The lowest BCUT2D eigenvalue weighted by molar-refractivity contribution is 0.318. The highest BCUT2D eigenvalue weighted by atomic mass is 16.4. The van der Waals surface area contributed by atoms with Gasteiger partial charge in [0.2, 0.25) is 0 Å². The van der Waals surface area contributed by atoms with Gasteiger partial charge in [-0.1, -0.05) is 17.3 Å². The fourth-order valence-corrected chi connectivity index (χ4v) is 2.06. The monoisotopic (exact) mass is 283 g/mol. The van der Waals surface area contributed by atoms with Gasteiger partial charge in [-0.3, -0.25) is 0 Å². The van der Waals surface area contributed by atoms with Gasteiger partial charge in [-0.15, -0.1) is 0 Å². The van der Waals surface area contributed by atoms with Gasteiger partial charge in [0.1, 0.15) is 11.8 Å². The van der Waals surface area contributed by atoms with Gasteiger partial charge in [-0.05, 0) is 12.1 Å². The summed E-state index contributed by atoms with van der Waals surface area (Å²) in [5.41, 5.74) is 8.42. The lowest BCUT2D eigenvalue weighted by atomic mass is 10.1. The molecular weight excluding hydrogens is 270 g/mol. The van der Waals surface area contributed by atoms with E-state index in [0.717, 1.165) is 11.2 Å². The van der Waals surface area contributed by atoms with Gasteiger partial charge in [0.25, 0.3) is 0 Å². The highest BCUT2D eigenvalue weighted by Crippen LogP contribution is 2.26. The molecule has 0 spiro atoms. The summed E-state index contributed by atoms with van der Waals surface area (Å²) in [5, 5.41) is 11.8. The van der Waals surface area contributed by atoms with Crippen molar-refractivity contribution in [1.29, 1.82) is 0 Å². The summed E-state index contributed by atoms with van der Waals surface area (Å²) in [7, 11) is 1.87. The number of H-pyrrole nitrogens is 1. The van der Waals surface area contributed by atoms with Crippen molar-refractivity contribution >= 4 is 28.5 Å². The van der Waals surface area contributed by atoms with E-state index in [1.807, 2.05) is 24.1 Å². The van der Waals surface area contributed by atoms with Crippen LogP contribution in [0.5, 0.6) is 0 Å². The number of nitrogens with zero attached hydrogens (tertiary/aromatic N) is 5. The molecule has 106 valence electrons. The van der Waals surface area contributed by atoms with E-state index in [2.05, 4.69) is 25.1 Å². The number of oxime groups is 1. The predicted molar refractivity (Wildman–Crippen MR) is 78.7 cm³/mol. The van der Waals surface area contributed by atoms with E-state index >= 15 is 0 Å². The standard InChI is InChI=1S/C13H13N7O/c1-20(9-4-2-3-8(5-9)11(14)19-21)13-10-12(16-6-15-10)17-7-18-13/h2-7,21H,1H3,(H2,14,19)(H,15,16,17,18). The molecule has 0 aliphatic carbocycles. The zero-order valence-corrected chi connectivity index (χ0v) is 11.2. The molecule has 0 aliphatic heterocycles. The molecule has 0 amide bonds. The molecule has 0 aliphatic rings. The molecule has 21 heavy (non-hydrogen) atoms. The van der Waals surface area contributed by atoms with E-state index in [1.165, 1.54) is 6.33 Å². The Morgan fingerprint density at radius 3 is 3.00 bits per heavy atom. The topological polar surface area (TPSA) is 116 Å². The van der Waals surface area contributed by atoms with Crippen molar-refractivity contribution in [3.63, 3.8) is 0 Å². The van der Waals surface area contributed by atoms with E-state index in [4.69, 9.17) is 10.9 Å². The van der Waals surface area contributed by atoms with Crippen LogP contribution in [0.3, 0.4) is 0 Å². The quantitative estimate of drug-likeness (QED) is 0.288. The minimum atomic E-state index is 0.0552. The smallest absolute Gasteiger partial charge is 0.182 e. The van der Waals surface area contributed by atoms with Gasteiger partial charge in [-0.25, -0.2) is 15.0 Å². The van der Waals surface area contributed by atoms with Crippen LogP contribution < -0.4 is 10.6 Å². The van der Waals surface area contributed by atoms with E-state index in [-0.39, 0.29) is 5.84 Å². The molecule has 0 saturated heterocycles. The molecule has 4 N–H and O–H groups in total. The van der Waals surface area contributed by atoms with E-state index in [0.29, 0.717) is 17.0 Å². The average Bonchev–Trinajstić information content (AvgIpc) is 3.02. The number of aromatic nitrogens is 4. The van der Waals surface area contributed by atoms with Crippen molar-refractivity contribution in [2.45, 2.75) is 0 Å². The zero-order chi connectivity index (χ0) is 14.8. The lowest BCUT2D eigenvalue weighted by Crippen LogP contribution is -2.16. The van der Waals surface area contributed by atoms with Crippen molar-refractivity contribution in [3.05, 3.63) is 42.5 Å². The van der Waals surface area contributed by atoms with Crippen LogP contribution in [-0.4, -0.2) is 38.0 Å². The molecule has 0 atom stereocenters. The molecule has 3 aromatic rings. The fraction of sp³-hybridized carbons (Fsp3) is 0.0769. The molecule has 0 unspecified atom stereocenters. The Labute approximate surface area is 120 Å². The number of fused-ring (bicyclic) bond motifs is 1. The number of benzene rings is 1. The molecular formula is C13H13N7O. The molecule has 8 heteroatoms. The van der Waals surface area contributed by atoms with Crippen molar-refractivity contribution in [2.75, 3.05) is 11.9 Å². The first kappa shape index (κ1) is 12.9. The summed E-state index contributed by atoms with van der Waals surface area (Å²) in [4.78, 5) is 17.4. The largest absolute Gasteiger partial charge is 0.409 e.